The van der Waals surface area contributed by atoms with Crippen molar-refractivity contribution in [3.63, 3.8) is 0 Å². The fraction of sp³-hybridized carbons (Fsp3) is 0.200. The Morgan fingerprint density at radius 2 is 1.66 bits per heavy atom. The van der Waals surface area contributed by atoms with Gasteiger partial charge in [0.2, 0.25) is 5.78 Å². The zero-order valence-electron chi connectivity index (χ0n) is 17.3. The van der Waals surface area contributed by atoms with Gasteiger partial charge in [-0.25, -0.2) is 4.99 Å². The number of Topliss-reactive ketones (excluding diaryl/α,β-unsaturated/α-hetero) is 2. The molecule has 0 saturated carbocycles. The summed E-state index contributed by atoms with van der Waals surface area (Å²) in [6, 6.07) is 16.3. The van der Waals surface area contributed by atoms with Crippen LogP contribution in [0, 0.1) is 0 Å². The van der Waals surface area contributed by atoms with Crippen molar-refractivity contribution in [2.24, 2.45) is 4.99 Å². The quantitative estimate of drug-likeness (QED) is 0.675. The number of anilines is 1. The van der Waals surface area contributed by atoms with Gasteiger partial charge in [0.1, 0.15) is 11.8 Å². The second-order valence-electron chi connectivity index (χ2n) is 7.86. The molecule has 2 heterocycles. The highest BCUT2D eigenvalue weighted by molar-refractivity contribution is 6.55. The van der Waals surface area contributed by atoms with Crippen molar-refractivity contribution in [3.05, 3.63) is 83.8 Å². The minimum absolute atomic E-state index is 0.0804. The molecule has 0 radical (unpaired) electrons. The van der Waals surface area contributed by atoms with Crippen LogP contribution in [0.3, 0.4) is 0 Å². The van der Waals surface area contributed by atoms with Crippen molar-refractivity contribution in [1.29, 1.82) is 0 Å². The van der Waals surface area contributed by atoms with Crippen LogP contribution in [0.1, 0.15) is 44.1 Å². The van der Waals surface area contributed by atoms with Crippen LogP contribution in [0.25, 0.3) is 0 Å². The van der Waals surface area contributed by atoms with Gasteiger partial charge in [-0.2, -0.15) is 0 Å². The molecule has 2 aromatic carbocycles. The minimum Gasteiger partial charge on any atom is -0.459 e. The Bertz CT molecular complexity index is 1210. The maximum Gasteiger partial charge on any atom is 0.291 e. The summed E-state index contributed by atoms with van der Waals surface area (Å²) >= 11 is 0. The summed E-state index contributed by atoms with van der Waals surface area (Å²) in [5, 5.41) is 2.75. The summed E-state index contributed by atoms with van der Waals surface area (Å²) < 4.78 is 5.09. The third-order valence-electron chi connectivity index (χ3n) is 5.80. The molecule has 1 aliphatic carbocycles. The predicted octanol–water partition coefficient (Wildman–Crippen LogP) is 4.15. The molecule has 1 atom stereocenters. The third kappa shape index (κ3) is 3.67. The Kier molecular flexibility index (Phi) is 5.25. The fourth-order valence-corrected chi connectivity index (χ4v) is 4.24. The molecular formula is C25H21N3O4. The standard InChI is InChI=1S/C25H21N3O4/c29-23-18-6-1-2-7-19(18)24(30)22(28-13-3-4-14-28)21(23)26-16-9-11-17(12-10-16)27-25(31)20-8-5-15-32-20/h1-2,5-12,15,22H,3-4,13-14H2,(H,27,31). The number of furan rings is 1. The molecule has 1 N–H and O–H groups in total. The van der Waals surface area contributed by atoms with Crippen LogP contribution in [0.5, 0.6) is 0 Å². The van der Waals surface area contributed by atoms with Gasteiger partial charge in [-0.15, -0.1) is 0 Å². The number of hydrogen-bond donors (Lipinski definition) is 1. The number of rotatable bonds is 4. The summed E-state index contributed by atoms with van der Waals surface area (Å²) in [5.41, 5.74) is 2.23. The van der Waals surface area contributed by atoms with E-state index in [2.05, 4.69) is 10.3 Å². The molecule has 1 unspecified atom stereocenters. The van der Waals surface area contributed by atoms with Gasteiger partial charge in [0.15, 0.2) is 11.5 Å². The van der Waals surface area contributed by atoms with Gasteiger partial charge >= 0.3 is 0 Å². The lowest BCUT2D eigenvalue weighted by Gasteiger charge is -2.31. The number of benzene rings is 2. The monoisotopic (exact) mass is 427 g/mol. The molecule has 7 nitrogen and oxygen atoms in total. The molecule has 1 saturated heterocycles. The normalized spacial score (nSPS) is 19.9. The lowest BCUT2D eigenvalue weighted by molar-refractivity contribution is 0.0873. The minimum atomic E-state index is -0.668. The van der Waals surface area contributed by atoms with Gasteiger partial charge in [0.25, 0.3) is 5.91 Å². The van der Waals surface area contributed by atoms with E-state index in [1.165, 1.54) is 6.26 Å². The Morgan fingerprint density at radius 1 is 0.938 bits per heavy atom. The lowest BCUT2D eigenvalue weighted by Crippen LogP contribution is -2.51. The van der Waals surface area contributed by atoms with Gasteiger partial charge in [0.05, 0.1) is 12.0 Å². The first-order valence-corrected chi connectivity index (χ1v) is 10.6. The Labute approximate surface area is 184 Å². The molecule has 160 valence electrons. The fourth-order valence-electron chi connectivity index (χ4n) is 4.24. The Morgan fingerprint density at radius 3 is 2.34 bits per heavy atom. The smallest absolute Gasteiger partial charge is 0.291 e. The number of fused-ring (bicyclic) bond motifs is 1. The first kappa shape index (κ1) is 20.1. The number of hydrogen-bond acceptors (Lipinski definition) is 6. The van der Waals surface area contributed by atoms with Gasteiger partial charge in [-0.05, 0) is 62.3 Å². The van der Waals surface area contributed by atoms with E-state index in [0.717, 1.165) is 25.9 Å². The molecular weight excluding hydrogens is 406 g/mol. The number of ketones is 2. The molecule has 32 heavy (non-hydrogen) atoms. The molecule has 1 amide bonds. The second kappa shape index (κ2) is 8.36. The van der Waals surface area contributed by atoms with E-state index in [9.17, 15) is 14.4 Å². The summed E-state index contributed by atoms with van der Waals surface area (Å²) in [4.78, 5) is 45.4. The van der Waals surface area contributed by atoms with Crippen LogP contribution in [0.4, 0.5) is 11.4 Å². The SMILES string of the molecule is O=C(Nc1ccc(N=C2C(=O)c3ccccc3C(=O)C2N2CCCC2)cc1)c1ccco1. The highest BCUT2D eigenvalue weighted by Crippen LogP contribution is 2.28. The summed E-state index contributed by atoms with van der Waals surface area (Å²) in [5.74, 6) is -0.434. The van der Waals surface area contributed by atoms with E-state index >= 15 is 0 Å². The number of nitrogens with one attached hydrogen (secondary N) is 1. The Hall–Kier alpha value is -3.84. The van der Waals surface area contributed by atoms with Crippen molar-refractivity contribution in [3.8, 4) is 0 Å². The van der Waals surface area contributed by atoms with E-state index < -0.39 is 6.04 Å². The predicted molar refractivity (Wildman–Crippen MR) is 120 cm³/mol. The number of nitrogens with zero attached hydrogens (tertiary/aromatic N) is 2. The molecule has 7 heteroatoms. The molecule has 0 spiro atoms. The van der Waals surface area contributed by atoms with Crippen LogP contribution < -0.4 is 5.32 Å². The van der Waals surface area contributed by atoms with E-state index in [4.69, 9.17) is 4.42 Å². The largest absolute Gasteiger partial charge is 0.459 e. The van der Waals surface area contributed by atoms with Crippen LogP contribution in [0.2, 0.25) is 0 Å². The van der Waals surface area contributed by atoms with E-state index in [1.807, 2.05) is 4.90 Å². The van der Waals surface area contributed by atoms with Gasteiger partial charge in [-0.1, -0.05) is 24.3 Å². The maximum absolute atomic E-state index is 13.3. The van der Waals surface area contributed by atoms with Gasteiger partial charge in [-0.3, -0.25) is 19.3 Å². The molecule has 1 aliphatic heterocycles. The van der Waals surface area contributed by atoms with E-state index in [0.29, 0.717) is 22.5 Å². The summed E-state index contributed by atoms with van der Waals surface area (Å²) in [7, 11) is 0. The maximum atomic E-state index is 13.3. The molecule has 5 rings (SSSR count). The number of likely N-dealkylation sites (tertiary alicyclic amines) is 1. The second-order valence-corrected chi connectivity index (χ2v) is 7.86. The number of amides is 1. The zero-order chi connectivity index (χ0) is 22.1. The summed E-state index contributed by atoms with van der Waals surface area (Å²) in [6.45, 7) is 1.53. The highest BCUT2D eigenvalue weighted by atomic mass is 16.3. The third-order valence-corrected chi connectivity index (χ3v) is 5.80. The number of aliphatic imine (C=N–C) groups is 1. The first-order chi connectivity index (χ1) is 15.6. The van der Waals surface area contributed by atoms with Gasteiger partial charge < -0.3 is 9.73 Å². The molecule has 1 aromatic heterocycles. The molecule has 1 fully saturated rings. The van der Waals surface area contributed by atoms with Crippen LogP contribution in [0.15, 0.2) is 76.3 Å². The van der Waals surface area contributed by atoms with Crippen molar-refractivity contribution >= 4 is 34.6 Å². The van der Waals surface area contributed by atoms with Gasteiger partial charge in [0, 0.05) is 16.8 Å². The van der Waals surface area contributed by atoms with Crippen LogP contribution >= 0.6 is 0 Å². The van der Waals surface area contributed by atoms with Crippen molar-refractivity contribution in [1.82, 2.24) is 4.90 Å². The summed E-state index contributed by atoms with van der Waals surface area (Å²) in [6.07, 6.45) is 3.43. The van der Waals surface area contributed by atoms with Crippen molar-refractivity contribution in [2.45, 2.75) is 18.9 Å². The molecule has 2 aliphatic rings. The van der Waals surface area contributed by atoms with Crippen LogP contribution in [-0.2, 0) is 0 Å². The van der Waals surface area contributed by atoms with E-state index in [1.54, 1.807) is 60.7 Å². The zero-order valence-corrected chi connectivity index (χ0v) is 17.3. The molecule has 0 bridgehead atoms. The number of carbonyl (C=O) groups excluding carboxylic acids is 3. The van der Waals surface area contributed by atoms with Crippen LogP contribution in [-0.4, -0.2) is 47.2 Å². The highest BCUT2D eigenvalue weighted by Gasteiger charge is 2.42. The topological polar surface area (TPSA) is 92.0 Å². The van der Waals surface area contributed by atoms with Crippen molar-refractivity contribution in [2.75, 3.05) is 18.4 Å². The van der Waals surface area contributed by atoms with E-state index in [-0.39, 0.29) is 28.9 Å². The number of carbonyl (C=O) groups is 3. The van der Waals surface area contributed by atoms with Crippen molar-refractivity contribution < 1.29 is 18.8 Å². The molecule has 3 aromatic rings. The average molecular weight is 427 g/mol. The average Bonchev–Trinajstić information content (AvgIpc) is 3.53. The first-order valence-electron chi connectivity index (χ1n) is 10.6. The Balaban J connectivity index is 1.46. The lowest BCUT2D eigenvalue weighted by atomic mass is 9.83.